The lowest BCUT2D eigenvalue weighted by Gasteiger charge is -2.22. The van der Waals surface area contributed by atoms with Gasteiger partial charge in [-0.05, 0) is 201 Å². The van der Waals surface area contributed by atoms with E-state index in [1.54, 1.807) is 28.8 Å². The van der Waals surface area contributed by atoms with Crippen LogP contribution in [0.2, 0.25) is 0 Å². The Hall–Kier alpha value is -8.92. The van der Waals surface area contributed by atoms with Crippen LogP contribution in [-0.2, 0) is 6.18 Å². The quantitative estimate of drug-likeness (QED) is 0.157. The van der Waals surface area contributed by atoms with Crippen LogP contribution in [0.15, 0.2) is 182 Å². The summed E-state index contributed by atoms with van der Waals surface area (Å²) < 4.78 is 53.6. The third kappa shape index (κ3) is 8.15. The van der Waals surface area contributed by atoms with E-state index in [-0.39, 0.29) is 5.69 Å². The highest BCUT2D eigenvalue weighted by atomic mass is 19.4. The molecule has 0 aliphatic rings. The van der Waals surface area contributed by atoms with Crippen LogP contribution in [0.25, 0.3) is 111 Å². The van der Waals surface area contributed by atoms with E-state index in [0.717, 1.165) is 110 Å². The van der Waals surface area contributed by atoms with Crippen molar-refractivity contribution in [2.75, 3.05) is 0 Å². The monoisotopic (exact) mass is 993 g/mol. The first kappa shape index (κ1) is 48.0. The van der Waals surface area contributed by atoms with Crippen molar-refractivity contribution in [2.24, 2.45) is 0 Å². The molecule has 0 saturated heterocycles. The van der Waals surface area contributed by atoms with Gasteiger partial charge in [0, 0.05) is 27.1 Å². The molecule has 0 aliphatic heterocycles. The molecule has 3 nitrogen and oxygen atoms in total. The van der Waals surface area contributed by atoms with Crippen molar-refractivity contribution in [1.82, 2.24) is 9.13 Å². The first-order valence-corrected chi connectivity index (χ1v) is 25.8. The van der Waals surface area contributed by atoms with Gasteiger partial charge in [0.15, 0.2) is 0 Å². The third-order valence-electron chi connectivity index (χ3n) is 15.5. The number of aryl methyl sites for hydroxylation is 8. The number of nitriles is 1. The normalized spacial score (nSPS) is 11.9. The third-order valence-corrected chi connectivity index (χ3v) is 15.5. The lowest BCUT2D eigenvalue weighted by Crippen LogP contribution is -2.13. The fourth-order valence-electron chi connectivity index (χ4n) is 11.9. The zero-order valence-electron chi connectivity index (χ0n) is 43.8. The number of alkyl halides is 3. The highest BCUT2D eigenvalue weighted by molar-refractivity contribution is 6.14. The molecular formula is C70H54F3N3. The average Bonchev–Trinajstić information content (AvgIpc) is 3.98. The van der Waals surface area contributed by atoms with Crippen molar-refractivity contribution in [3.05, 3.63) is 238 Å². The zero-order valence-corrected chi connectivity index (χ0v) is 43.8. The first-order chi connectivity index (χ1) is 36.5. The van der Waals surface area contributed by atoms with Crippen LogP contribution in [0.3, 0.4) is 0 Å². The number of nitrogens with zero attached hydrogens (tertiary/aromatic N) is 3. The molecule has 12 rings (SSSR count). The fourth-order valence-corrected chi connectivity index (χ4v) is 11.9. The number of hydrogen-bond donors (Lipinski definition) is 0. The first-order valence-electron chi connectivity index (χ1n) is 25.8. The number of halogens is 3. The standard InChI is InChI=1S/C70H54F3N3/c1-40-12-20-54(44(5)28-40)50-16-24-64-59(33-50)60-34-51(55-21-13-41(2)29-45(55)6)17-25-65(60)75(64)68-38-63(70(71,72)73)69(37-58(68)49-11-9-10-48(32-49)39-74)76-66-26-18-52(56-22-14-42(3)30-46(56)7)35-61(66)62-36-53(19-27-67(62)76)57-23-15-43(4)31-47(57)8/h9-38H,1-8H3. The highest BCUT2D eigenvalue weighted by Gasteiger charge is 2.37. The number of aromatic nitrogens is 2. The van der Waals surface area contributed by atoms with Gasteiger partial charge in [0.25, 0.3) is 0 Å². The molecule has 0 saturated carbocycles. The second kappa shape index (κ2) is 18.2. The Bertz CT molecular complexity index is 4220. The molecule has 0 radical (unpaired) electrons. The van der Waals surface area contributed by atoms with Gasteiger partial charge < -0.3 is 9.13 Å². The number of hydrogen-bond acceptors (Lipinski definition) is 1. The van der Waals surface area contributed by atoms with E-state index in [1.165, 1.54) is 17.2 Å². The molecule has 0 bridgehead atoms. The van der Waals surface area contributed by atoms with E-state index in [9.17, 15) is 5.26 Å². The molecule has 76 heavy (non-hydrogen) atoms. The van der Waals surface area contributed by atoms with Gasteiger partial charge in [0.2, 0.25) is 0 Å². The Morgan fingerprint density at radius 1 is 0.342 bits per heavy atom. The summed E-state index contributed by atoms with van der Waals surface area (Å²) >= 11 is 0. The lowest BCUT2D eigenvalue weighted by atomic mass is 9.95. The van der Waals surface area contributed by atoms with Crippen LogP contribution < -0.4 is 0 Å². The van der Waals surface area contributed by atoms with Gasteiger partial charge in [-0.2, -0.15) is 18.4 Å². The summed E-state index contributed by atoms with van der Waals surface area (Å²) in [4.78, 5) is 0. The zero-order chi connectivity index (χ0) is 52.9. The second-order valence-corrected chi connectivity index (χ2v) is 20.9. The summed E-state index contributed by atoms with van der Waals surface area (Å²) in [5.74, 6) is 0. The van der Waals surface area contributed by atoms with Gasteiger partial charge in [0.05, 0.1) is 50.6 Å². The predicted molar refractivity (Wildman–Crippen MR) is 310 cm³/mol. The summed E-state index contributed by atoms with van der Waals surface area (Å²) in [7, 11) is 0. The van der Waals surface area contributed by atoms with E-state index < -0.39 is 11.7 Å². The summed E-state index contributed by atoms with van der Waals surface area (Å²) in [5, 5.41) is 13.8. The Balaban J connectivity index is 1.18. The van der Waals surface area contributed by atoms with Crippen LogP contribution in [0.4, 0.5) is 13.2 Å². The van der Waals surface area contributed by atoms with Crippen molar-refractivity contribution in [1.29, 1.82) is 5.26 Å². The van der Waals surface area contributed by atoms with Crippen LogP contribution in [-0.4, -0.2) is 9.13 Å². The summed E-state index contributed by atoms with van der Waals surface area (Å²) in [6.07, 6.45) is -4.80. The lowest BCUT2D eigenvalue weighted by molar-refractivity contribution is -0.137. The van der Waals surface area contributed by atoms with E-state index in [0.29, 0.717) is 33.4 Å². The molecule has 12 aromatic rings. The van der Waals surface area contributed by atoms with Crippen molar-refractivity contribution >= 4 is 43.6 Å². The van der Waals surface area contributed by atoms with Gasteiger partial charge in [-0.1, -0.05) is 131 Å². The predicted octanol–water partition coefficient (Wildman–Crippen LogP) is 19.6. The minimum Gasteiger partial charge on any atom is -0.309 e. The smallest absolute Gasteiger partial charge is 0.309 e. The van der Waals surface area contributed by atoms with E-state index in [4.69, 9.17) is 0 Å². The molecule has 0 amide bonds. The minimum absolute atomic E-state index is 0.0119. The van der Waals surface area contributed by atoms with Crippen LogP contribution in [0, 0.1) is 66.7 Å². The summed E-state index contributed by atoms with van der Waals surface area (Å²) in [6, 6.07) is 63.0. The van der Waals surface area contributed by atoms with E-state index in [2.05, 4.69) is 171 Å². The van der Waals surface area contributed by atoms with Crippen LogP contribution in [0.1, 0.15) is 55.6 Å². The van der Waals surface area contributed by atoms with Crippen molar-refractivity contribution in [3.8, 4) is 73.1 Å². The Morgan fingerprint density at radius 3 is 1.01 bits per heavy atom. The maximum absolute atomic E-state index is 16.6. The van der Waals surface area contributed by atoms with Crippen LogP contribution in [0.5, 0.6) is 0 Å². The van der Waals surface area contributed by atoms with Gasteiger partial charge in [-0.3, -0.25) is 0 Å². The molecule has 10 aromatic carbocycles. The minimum atomic E-state index is -4.80. The number of rotatable bonds is 7. The number of benzene rings is 10. The highest BCUT2D eigenvalue weighted by Crippen LogP contribution is 2.47. The average molecular weight is 994 g/mol. The van der Waals surface area contributed by atoms with E-state index in [1.807, 2.05) is 47.0 Å². The van der Waals surface area contributed by atoms with Gasteiger partial charge in [0.1, 0.15) is 0 Å². The van der Waals surface area contributed by atoms with Gasteiger partial charge in [-0.25, -0.2) is 0 Å². The molecule has 6 heteroatoms. The molecule has 2 aromatic heterocycles. The maximum atomic E-state index is 16.6. The SMILES string of the molecule is Cc1ccc(-c2ccc3c(c2)c2cc(-c4ccc(C)cc4C)ccc2n3-c2cc(C(F)(F)F)c(-n3c4ccc(-c5ccc(C)cc5C)cc4c4cc(-c5ccc(C)cc5C)ccc43)cc2-c2cccc(C#N)c2)c(C)c1. The molecule has 0 aliphatic carbocycles. The summed E-state index contributed by atoms with van der Waals surface area (Å²) in [5.41, 5.74) is 21.4. The maximum Gasteiger partial charge on any atom is 0.418 e. The molecule has 2 heterocycles. The largest absolute Gasteiger partial charge is 0.418 e. The van der Waals surface area contributed by atoms with Crippen molar-refractivity contribution < 1.29 is 13.2 Å². The Labute approximate surface area is 441 Å². The van der Waals surface area contributed by atoms with E-state index >= 15 is 13.2 Å². The topological polar surface area (TPSA) is 33.6 Å². The molecule has 370 valence electrons. The molecule has 0 fully saturated rings. The second-order valence-electron chi connectivity index (χ2n) is 20.9. The molecule has 0 atom stereocenters. The molecule has 0 spiro atoms. The number of fused-ring (bicyclic) bond motifs is 6. The van der Waals surface area contributed by atoms with Crippen molar-refractivity contribution in [2.45, 2.75) is 61.6 Å². The fraction of sp³-hybridized carbons (Fsp3) is 0.129. The molecule has 0 unspecified atom stereocenters. The molecule has 0 N–H and O–H groups in total. The Morgan fingerprint density at radius 2 is 0.684 bits per heavy atom. The van der Waals surface area contributed by atoms with Crippen LogP contribution >= 0.6 is 0 Å². The summed E-state index contributed by atoms with van der Waals surface area (Å²) in [6.45, 7) is 16.7. The van der Waals surface area contributed by atoms with Crippen molar-refractivity contribution in [3.63, 3.8) is 0 Å². The Kier molecular flexibility index (Phi) is 11.5. The molecular weight excluding hydrogens is 940 g/mol. The van der Waals surface area contributed by atoms with Gasteiger partial charge >= 0.3 is 6.18 Å². The van der Waals surface area contributed by atoms with Gasteiger partial charge in [-0.15, -0.1) is 0 Å².